The number of hydrogen-bond donors (Lipinski definition) is 2. The normalized spacial score (nSPS) is 11.4. The summed E-state index contributed by atoms with van der Waals surface area (Å²) in [5, 5.41) is 11.7. The van der Waals surface area contributed by atoms with E-state index in [1.54, 1.807) is 31.4 Å². The molecule has 1 atom stereocenters. The summed E-state index contributed by atoms with van der Waals surface area (Å²) in [7, 11) is 1.70. The Morgan fingerprint density at radius 3 is 2.29 bits per heavy atom. The first-order valence-electron chi connectivity index (χ1n) is 6.16. The third-order valence-electron chi connectivity index (χ3n) is 2.77. The minimum atomic E-state index is -1.00. The Kier molecular flexibility index (Phi) is 8.89. The van der Waals surface area contributed by atoms with Crippen molar-refractivity contribution in [2.75, 3.05) is 25.4 Å². The Bertz CT molecular complexity index is 465. The number of benzene rings is 1. The first-order valence-corrected chi connectivity index (χ1v) is 8.37. The zero-order valence-corrected chi connectivity index (χ0v) is 13.8. The van der Waals surface area contributed by atoms with Crippen LogP contribution in [0.25, 0.3) is 0 Å². The van der Waals surface area contributed by atoms with Gasteiger partial charge in [0.05, 0.1) is 19.6 Å². The maximum absolute atomic E-state index is 12.0. The molecule has 0 saturated heterocycles. The molecule has 0 saturated carbocycles. The average Bonchev–Trinajstić information content (AvgIpc) is 2.42. The Labute approximate surface area is 133 Å². The largest absolute Gasteiger partial charge is 1.00 e. The van der Waals surface area contributed by atoms with Crippen LogP contribution in [0.3, 0.4) is 0 Å². The van der Waals surface area contributed by atoms with E-state index in [2.05, 4.69) is 5.32 Å². The second kappa shape index (κ2) is 9.52. The van der Waals surface area contributed by atoms with E-state index in [9.17, 15) is 9.59 Å². The van der Waals surface area contributed by atoms with Crippen LogP contribution in [-0.2, 0) is 15.7 Å². The van der Waals surface area contributed by atoms with Gasteiger partial charge in [-0.3, -0.25) is 4.79 Å². The maximum atomic E-state index is 12.0. The predicted octanol–water partition coefficient (Wildman–Crippen LogP) is -1.85. The van der Waals surface area contributed by atoms with Gasteiger partial charge in [-0.1, -0.05) is 0 Å². The molecule has 0 heterocycles. The highest BCUT2D eigenvalue weighted by atomic mass is 35.5. The van der Waals surface area contributed by atoms with Crippen molar-refractivity contribution in [1.82, 2.24) is 5.32 Å². The molecule has 2 N–H and O–H groups in total. The molecule has 0 aliphatic carbocycles. The predicted molar refractivity (Wildman–Crippen MR) is 80.6 cm³/mol. The van der Waals surface area contributed by atoms with Gasteiger partial charge in [-0.2, -0.15) is 0 Å². The molecule has 1 amide bonds. The zero-order chi connectivity index (χ0) is 15.1. The van der Waals surface area contributed by atoms with Crippen LogP contribution in [0, 0.1) is 0 Å². The lowest BCUT2D eigenvalue weighted by molar-refractivity contribution is -0.139. The SMILES string of the molecule is COc1ccc(C(=O)NC(CC[S+](C)C)C(=O)O)cc1.[Cl-]. The molecule has 0 radical (unpaired) electrons. The van der Waals surface area contributed by atoms with E-state index in [-0.39, 0.29) is 29.2 Å². The third-order valence-corrected chi connectivity index (χ3v) is 3.82. The highest BCUT2D eigenvalue weighted by Gasteiger charge is 2.22. The quantitative estimate of drug-likeness (QED) is 0.575. The van der Waals surface area contributed by atoms with Gasteiger partial charge in [0.25, 0.3) is 5.91 Å². The number of carboxylic acid groups (broad SMARTS) is 1. The topological polar surface area (TPSA) is 75.6 Å². The highest BCUT2D eigenvalue weighted by Crippen LogP contribution is 2.11. The van der Waals surface area contributed by atoms with Crippen molar-refractivity contribution in [1.29, 1.82) is 0 Å². The average molecular weight is 334 g/mol. The summed E-state index contributed by atoms with van der Waals surface area (Å²) >= 11 is 0. The number of carbonyl (C=O) groups excluding carboxylic acids is 1. The summed E-state index contributed by atoms with van der Waals surface area (Å²) in [5.74, 6) is 0.0432. The molecular formula is C14H20ClNO4S. The molecule has 7 heteroatoms. The lowest BCUT2D eigenvalue weighted by atomic mass is 10.1. The summed E-state index contributed by atoms with van der Waals surface area (Å²) in [6.07, 6.45) is 4.53. The standard InChI is InChI=1S/C14H19NO4S.ClH/c1-19-11-6-4-10(5-7-11)13(16)15-12(14(17)18)8-9-20(2)3;/h4-7,12H,8-9H2,1-3H3,(H-,15,16,17,18);1H. The molecule has 118 valence electrons. The van der Waals surface area contributed by atoms with Crippen LogP contribution >= 0.6 is 0 Å². The zero-order valence-electron chi connectivity index (χ0n) is 12.3. The van der Waals surface area contributed by atoms with Crippen LogP contribution in [0.15, 0.2) is 24.3 Å². The number of halogens is 1. The molecule has 1 rings (SSSR count). The molecule has 0 aliphatic rings. The summed E-state index contributed by atoms with van der Waals surface area (Å²) in [6.45, 7) is 0. The van der Waals surface area contributed by atoms with Crippen LogP contribution in [0.5, 0.6) is 5.75 Å². The number of amides is 1. The van der Waals surface area contributed by atoms with Gasteiger partial charge < -0.3 is 27.6 Å². The number of hydrogen-bond acceptors (Lipinski definition) is 3. The maximum Gasteiger partial charge on any atom is 0.326 e. The molecular weight excluding hydrogens is 314 g/mol. The minimum absolute atomic E-state index is 0. The van der Waals surface area contributed by atoms with E-state index in [4.69, 9.17) is 9.84 Å². The monoisotopic (exact) mass is 333 g/mol. The van der Waals surface area contributed by atoms with Gasteiger partial charge in [0.15, 0.2) is 0 Å². The summed E-state index contributed by atoms with van der Waals surface area (Å²) in [6, 6.07) is 5.70. The molecule has 0 fully saturated rings. The molecule has 0 spiro atoms. The van der Waals surface area contributed by atoms with Crippen molar-refractivity contribution in [3.8, 4) is 5.75 Å². The molecule has 0 bridgehead atoms. The molecule has 1 unspecified atom stereocenters. The van der Waals surface area contributed by atoms with E-state index >= 15 is 0 Å². The van der Waals surface area contributed by atoms with Gasteiger partial charge in [-0.15, -0.1) is 0 Å². The van der Waals surface area contributed by atoms with Crippen LogP contribution in [-0.4, -0.2) is 48.4 Å². The Hall–Kier alpha value is -1.40. The second-order valence-electron chi connectivity index (χ2n) is 4.57. The Morgan fingerprint density at radius 2 is 1.86 bits per heavy atom. The third kappa shape index (κ3) is 6.73. The first kappa shape index (κ1) is 19.6. The number of carbonyl (C=O) groups is 2. The minimum Gasteiger partial charge on any atom is -1.00 e. The first-order chi connectivity index (χ1) is 9.43. The fourth-order valence-corrected chi connectivity index (χ4v) is 2.30. The molecule has 1 aromatic rings. The van der Waals surface area contributed by atoms with Gasteiger partial charge in [0.2, 0.25) is 0 Å². The smallest absolute Gasteiger partial charge is 0.326 e. The van der Waals surface area contributed by atoms with Gasteiger partial charge in [0.1, 0.15) is 17.5 Å². The number of nitrogens with one attached hydrogen (secondary N) is 1. The Balaban J connectivity index is 0.00000400. The van der Waals surface area contributed by atoms with Gasteiger partial charge in [-0.25, -0.2) is 4.79 Å². The van der Waals surface area contributed by atoms with Gasteiger partial charge in [-0.05, 0) is 35.2 Å². The number of ether oxygens (including phenoxy) is 1. The fourth-order valence-electron chi connectivity index (χ4n) is 1.59. The summed E-state index contributed by atoms with van der Waals surface area (Å²) in [4.78, 5) is 23.1. The van der Waals surface area contributed by atoms with Crippen molar-refractivity contribution in [3.05, 3.63) is 29.8 Å². The second-order valence-corrected chi connectivity index (χ2v) is 6.95. The molecule has 1 aromatic carbocycles. The van der Waals surface area contributed by atoms with E-state index in [0.717, 1.165) is 5.75 Å². The van der Waals surface area contributed by atoms with Crippen molar-refractivity contribution in [3.63, 3.8) is 0 Å². The van der Waals surface area contributed by atoms with E-state index in [1.165, 1.54) is 0 Å². The van der Waals surface area contributed by atoms with E-state index in [1.807, 2.05) is 12.5 Å². The van der Waals surface area contributed by atoms with Crippen LogP contribution in [0.1, 0.15) is 16.8 Å². The number of rotatable bonds is 7. The van der Waals surface area contributed by atoms with E-state index < -0.39 is 12.0 Å². The highest BCUT2D eigenvalue weighted by molar-refractivity contribution is 7.95. The van der Waals surface area contributed by atoms with Crippen molar-refractivity contribution in [2.45, 2.75) is 12.5 Å². The summed E-state index contributed by atoms with van der Waals surface area (Å²) in [5.41, 5.74) is 0.420. The Morgan fingerprint density at radius 1 is 1.29 bits per heavy atom. The van der Waals surface area contributed by atoms with Crippen molar-refractivity contribution >= 4 is 22.8 Å². The lowest BCUT2D eigenvalue weighted by Crippen LogP contribution is -3.00. The molecule has 21 heavy (non-hydrogen) atoms. The number of carboxylic acids is 1. The lowest BCUT2D eigenvalue weighted by Gasteiger charge is -2.13. The van der Waals surface area contributed by atoms with E-state index in [0.29, 0.717) is 17.7 Å². The van der Waals surface area contributed by atoms with Crippen LogP contribution in [0.2, 0.25) is 0 Å². The van der Waals surface area contributed by atoms with Crippen LogP contribution in [0.4, 0.5) is 0 Å². The van der Waals surface area contributed by atoms with Gasteiger partial charge >= 0.3 is 5.97 Å². The van der Waals surface area contributed by atoms with Crippen LogP contribution < -0.4 is 22.5 Å². The number of aliphatic carboxylic acids is 1. The summed E-state index contributed by atoms with van der Waals surface area (Å²) < 4.78 is 5.01. The van der Waals surface area contributed by atoms with Gasteiger partial charge in [0, 0.05) is 12.0 Å². The molecule has 5 nitrogen and oxygen atoms in total. The van der Waals surface area contributed by atoms with Crippen molar-refractivity contribution < 1.29 is 31.8 Å². The van der Waals surface area contributed by atoms with Crippen molar-refractivity contribution in [2.24, 2.45) is 0 Å². The molecule has 0 aromatic heterocycles. The molecule has 0 aliphatic heterocycles. The fraction of sp³-hybridized carbons (Fsp3) is 0.429. The number of methoxy groups -OCH3 is 1.